The predicted molar refractivity (Wildman–Crippen MR) is 60.1 cm³/mol. The monoisotopic (exact) mass is 248 g/mol. The van der Waals surface area contributed by atoms with E-state index in [1.165, 1.54) is 12.1 Å². The van der Waals surface area contributed by atoms with Crippen LogP contribution >= 0.6 is 0 Å². The Hall–Kier alpha value is -2.76. The van der Waals surface area contributed by atoms with Crippen LogP contribution in [0.25, 0.3) is 0 Å². The topological polar surface area (TPSA) is 97.0 Å². The first-order valence-corrected chi connectivity index (χ1v) is 4.90. The van der Waals surface area contributed by atoms with Gasteiger partial charge in [-0.1, -0.05) is 12.1 Å². The summed E-state index contributed by atoms with van der Waals surface area (Å²) in [6.45, 7) is 0. The van der Waals surface area contributed by atoms with E-state index in [2.05, 4.69) is 0 Å². The zero-order valence-electron chi connectivity index (χ0n) is 8.99. The van der Waals surface area contributed by atoms with Crippen LogP contribution in [-0.2, 0) is 0 Å². The van der Waals surface area contributed by atoms with Crippen molar-refractivity contribution in [3.8, 4) is 17.2 Å². The molecule has 1 aromatic carbocycles. The van der Waals surface area contributed by atoms with Gasteiger partial charge in [0, 0.05) is 6.07 Å². The molecule has 1 aromatic heterocycles. The SMILES string of the molecule is O=C(O)c1cc(=O)c(Oc2ccccc2O)co1. The van der Waals surface area contributed by atoms with Gasteiger partial charge in [-0.25, -0.2) is 4.79 Å². The summed E-state index contributed by atoms with van der Waals surface area (Å²) in [6, 6.07) is 6.86. The quantitative estimate of drug-likeness (QED) is 0.860. The normalized spacial score (nSPS) is 10.0. The van der Waals surface area contributed by atoms with Crippen LogP contribution < -0.4 is 10.2 Å². The molecular formula is C12H8O6. The number of benzene rings is 1. The molecule has 0 amide bonds. The van der Waals surface area contributed by atoms with E-state index in [1.54, 1.807) is 12.1 Å². The lowest BCUT2D eigenvalue weighted by Crippen LogP contribution is -2.07. The summed E-state index contributed by atoms with van der Waals surface area (Å²) in [4.78, 5) is 22.1. The number of carbonyl (C=O) groups is 1. The van der Waals surface area contributed by atoms with Gasteiger partial charge < -0.3 is 19.4 Å². The second-order valence-electron chi connectivity index (χ2n) is 3.35. The Balaban J connectivity index is 2.34. The highest BCUT2D eigenvalue weighted by Gasteiger charge is 2.11. The van der Waals surface area contributed by atoms with E-state index >= 15 is 0 Å². The van der Waals surface area contributed by atoms with E-state index in [-0.39, 0.29) is 17.2 Å². The molecule has 0 saturated heterocycles. The molecule has 2 rings (SSSR count). The highest BCUT2D eigenvalue weighted by atomic mass is 16.5. The van der Waals surface area contributed by atoms with Gasteiger partial charge in [-0.3, -0.25) is 4.79 Å². The van der Waals surface area contributed by atoms with Crippen LogP contribution in [0.5, 0.6) is 17.2 Å². The standard InChI is InChI=1S/C12H8O6/c13-7-3-1-2-4-9(7)18-11-6-17-10(12(15)16)5-8(11)14/h1-6,13H,(H,15,16). The third-order valence-electron chi connectivity index (χ3n) is 2.09. The average Bonchev–Trinajstić information content (AvgIpc) is 2.34. The molecule has 6 heteroatoms. The number of carboxylic acids is 1. The van der Waals surface area contributed by atoms with E-state index in [0.29, 0.717) is 0 Å². The Morgan fingerprint density at radius 2 is 1.94 bits per heavy atom. The van der Waals surface area contributed by atoms with Gasteiger partial charge >= 0.3 is 5.97 Å². The lowest BCUT2D eigenvalue weighted by molar-refractivity contribution is 0.0659. The van der Waals surface area contributed by atoms with Crippen molar-refractivity contribution >= 4 is 5.97 Å². The first-order chi connectivity index (χ1) is 8.58. The van der Waals surface area contributed by atoms with Crippen LogP contribution in [0.3, 0.4) is 0 Å². The number of carboxylic acid groups (broad SMARTS) is 1. The molecule has 0 unspecified atom stereocenters. The number of phenolic OH excluding ortho intramolecular Hbond substituents is 1. The van der Waals surface area contributed by atoms with Crippen molar-refractivity contribution in [3.63, 3.8) is 0 Å². The molecule has 0 atom stereocenters. The molecule has 0 radical (unpaired) electrons. The molecule has 92 valence electrons. The van der Waals surface area contributed by atoms with Crippen molar-refractivity contribution in [2.24, 2.45) is 0 Å². The molecule has 18 heavy (non-hydrogen) atoms. The van der Waals surface area contributed by atoms with Gasteiger partial charge in [0.25, 0.3) is 0 Å². The van der Waals surface area contributed by atoms with Gasteiger partial charge in [-0.2, -0.15) is 0 Å². The number of para-hydroxylation sites is 2. The van der Waals surface area contributed by atoms with Gasteiger partial charge in [0.05, 0.1) is 0 Å². The Morgan fingerprint density at radius 3 is 2.56 bits per heavy atom. The van der Waals surface area contributed by atoms with Gasteiger partial charge in [-0.05, 0) is 12.1 Å². The second-order valence-corrected chi connectivity index (χ2v) is 3.35. The number of aromatic hydroxyl groups is 1. The summed E-state index contributed by atoms with van der Waals surface area (Å²) in [5.41, 5.74) is -0.651. The summed E-state index contributed by atoms with van der Waals surface area (Å²) in [5, 5.41) is 18.1. The van der Waals surface area contributed by atoms with Crippen molar-refractivity contribution in [2.45, 2.75) is 0 Å². The molecule has 0 saturated carbocycles. The van der Waals surface area contributed by atoms with Gasteiger partial charge in [-0.15, -0.1) is 0 Å². The molecule has 1 heterocycles. The number of hydrogen-bond acceptors (Lipinski definition) is 5. The van der Waals surface area contributed by atoms with E-state index in [1.807, 2.05) is 0 Å². The summed E-state index contributed by atoms with van der Waals surface area (Å²) in [6.07, 6.45) is 0.887. The van der Waals surface area contributed by atoms with E-state index in [0.717, 1.165) is 12.3 Å². The summed E-state index contributed by atoms with van der Waals surface area (Å²) < 4.78 is 9.83. The minimum absolute atomic E-state index is 0.0767. The fourth-order valence-corrected chi connectivity index (χ4v) is 1.25. The fraction of sp³-hybridized carbons (Fsp3) is 0. The van der Waals surface area contributed by atoms with Crippen molar-refractivity contribution in [1.29, 1.82) is 0 Å². The maximum absolute atomic E-state index is 11.5. The van der Waals surface area contributed by atoms with Crippen LogP contribution in [0.4, 0.5) is 0 Å². The van der Waals surface area contributed by atoms with Gasteiger partial charge in [0.2, 0.25) is 16.9 Å². The molecule has 0 spiro atoms. The van der Waals surface area contributed by atoms with Gasteiger partial charge in [0.15, 0.2) is 11.5 Å². The molecular weight excluding hydrogens is 240 g/mol. The first-order valence-electron chi connectivity index (χ1n) is 4.90. The lowest BCUT2D eigenvalue weighted by Gasteiger charge is -2.05. The number of phenols is 1. The zero-order chi connectivity index (χ0) is 13.1. The Labute approximate surface area is 101 Å². The molecule has 2 N–H and O–H groups in total. The maximum atomic E-state index is 11.5. The minimum atomic E-state index is -1.35. The largest absolute Gasteiger partial charge is 0.504 e. The number of aromatic carboxylic acids is 1. The fourth-order valence-electron chi connectivity index (χ4n) is 1.25. The van der Waals surface area contributed by atoms with Crippen LogP contribution in [0.1, 0.15) is 10.6 Å². The lowest BCUT2D eigenvalue weighted by atomic mass is 10.3. The summed E-state index contributed by atoms with van der Waals surface area (Å²) in [7, 11) is 0. The van der Waals surface area contributed by atoms with Crippen LogP contribution in [-0.4, -0.2) is 16.2 Å². The molecule has 2 aromatic rings. The highest BCUT2D eigenvalue weighted by molar-refractivity contribution is 5.84. The van der Waals surface area contributed by atoms with E-state index in [4.69, 9.17) is 14.3 Å². The number of ether oxygens (including phenoxy) is 1. The van der Waals surface area contributed by atoms with E-state index < -0.39 is 17.2 Å². The number of hydrogen-bond donors (Lipinski definition) is 2. The Morgan fingerprint density at radius 1 is 1.22 bits per heavy atom. The van der Waals surface area contributed by atoms with Crippen LogP contribution in [0.15, 0.2) is 45.8 Å². The zero-order valence-corrected chi connectivity index (χ0v) is 8.99. The van der Waals surface area contributed by atoms with E-state index in [9.17, 15) is 14.7 Å². The molecule has 6 nitrogen and oxygen atoms in total. The average molecular weight is 248 g/mol. The van der Waals surface area contributed by atoms with Crippen molar-refractivity contribution in [3.05, 3.63) is 52.6 Å². The summed E-state index contributed by atoms with van der Waals surface area (Å²) >= 11 is 0. The molecule has 0 aliphatic rings. The minimum Gasteiger partial charge on any atom is -0.504 e. The van der Waals surface area contributed by atoms with Crippen molar-refractivity contribution < 1.29 is 24.2 Å². The smallest absolute Gasteiger partial charge is 0.371 e. The van der Waals surface area contributed by atoms with Crippen molar-refractivity contribution in [2.75, 3.05) is 0 Å². The Kier molecular flexibility index (Phi) is 3.01. The van der Waals surface area contributed by atoms with Gasteiger partial charge in [0.1, 0.15) is 6.26 Å². The summed E-state index contributed by atoms with van der Waals surface area (Å²) in [5.74, 6) is -2.10. The molecule has 0 fully saturated rings. The molecule has 0 aliphatic heterocycles. The Bertz CT molecular complexity index is 643. The number of rotatable bonds is 3. The van der Waals surface area contributed by atoms with Crippen LogP contribution in [0, 0.1) is 0 Å². The van der Waals surface area contributed by atoms with Crippen molar-refractivity contribution in [1.82, 2.24) is 0 Å². The van der Waals surface area contributed by atoms with Crippen LogP contribution in [0.2, 0.25) is 0 Å². The third-order valence-corrected chi connectivity index (χ3v) is 2.09. The third kappa shape index (κ3) is 2.32. The highest BCUT2D eigenvalue weighted by Crippen LogP contribution is 2.28. The molecule has 0 aliphatic carbocycles. The first kappa shape index (κ1) is 11.7. The maximum Gasteiger partial charge on any atom is 0.371 e. The second kappa shape index (κ2) is 4.62. The molecule has 0 bridgehead atoms. The predicted octanol–water partition coefficient (Wildman–Crippen LogP) is 1.84.